The van der Waals surface area contributed by atoms with Crippen molar-refractivity contribution in [2.75, 3.05) is 13.7 Å². The first-order chi connectivity index (χ1) is 8.22. The number of aryl methyl sites for hydroxylation is 1. The van der Waals surface area contributed by atoms with Gasteiger partial charge in [0.1, 0.15) is 6.33 Å². The number of hydrogen-bond donors (Lipinski definition) is 0. The van der Waals surface area contributed by atoms with Gasteiger partial charge in [-0.1, -0.05) is 17.7 Å². The largest absolute Gasteiger partial charge is 0.383 e. The molecule has 0 N–H and O–H groups in total. The molecule has 1 heterocycles. The molecule has 0 fully saturated rings. The number of halogens is 1. The van der Waals surface area contributed by atoms with Crippen molar-refractivity contribution in [3.05, 3.63) is 35.1 Å². The van der Waals surface area contributed by atoms with Crippen molar-refractivity contribution < 1.29 is 4.74 Å². The zero-order valence-corrected chi connectivity index (χ0v) is 10.6. The summed E-state index contributed by atoms with van der Waals surface area (Å²) in [6, 6.07) is 5.76. The van der Waals surface area contributed by atoms with Crippen molar-refractivity contribution in [3.8, 4) is 11.4 Å². The smallest absolute Gasteiger partial charge is 0.164 e. The quantitative estimate of drug-likeness (QED) is 0.839. The van der Waals surface area contributed by atoms with Crippen molar-refractivity contribution in [2.24, 2.45) is 0 Å². The van der Waals surface area contributed by atoms with Gasteiger partial charge in [-0.05, 0) is 24.6 Å². The molecule has 5 heteroatoms. The van der Waals surface area contributed by atoms with Crippen molar-refractivity contribution in [2.45, 2.75) is 13.5 Å². The molecule has 0 aliphatic heterocycles. The fraction of sp³-hybridized carbons (Fsp3) is 0.333. The number of rotatable bonds is 4. The van der Waals surface area contributed by atoms with Gasteiger partial charge in [0.15, 0.2) is 5.82 Å². The van der Waals surface area contributed by atoms with Gasteiger partial charge < -0.3 is 9.30 Å². The zero-order valence-electron chi connectivity index (χ0n) is 9.85. The van der Waals surface area contributed by atoms with Gasteiger partial charge in [-0.2, -0.15) is 0 Å². The van der Waals surface area contributed by atoms with E-state index >= 15 is 0 Å². The van der Waals surface area contributed by atoms with Gasteiger partial charge in [-0.3, -0.25) is 0 Å². The number of aromatic nitrogens is 3. The fourth-order valence-corrected chi connectivity index (χ4v) is 1.82. The van der Waals surface area contributed by atoms with Gasteiger partial charge in [-0.25, -0.2) is 0 Å². The van der Waals surface area contributed by atoms with Crippen molar-refractivity contribution >= 4 is 11.6 Å². The van der Waals surface area contributed by atoms with Crippen LogP contribution in [0.2, 0.25) is 5.02 Å². The Morgan fingerprint density at radius 3 is 3.00 bits per heavy atom. The molecule has 1 aromatic carbocycles. The summed E-state index contributed by atoms with van der Waals surface area (Å²) in [6.45, 7) is 3.39. The van der Waals surface area contributed by atoms with Crippen LogP contribution in [0.15, 0.2) is 24.5 Å². The molecule has 17 heavy (non-hydrogen) atoms. The summed E-state index contributed by atoms with van der Waals surface area (Å²) in [4.78, 5) is 0. The molecule has 0 saturated heterocycles. The molecule has 0 bridgehead atoms. The van der Waals surface area contributed by atoms with Crippen LogP contribution in [0.4, 0.5) is 0 Å². The summed E-state index contributed by atoms with van der Waals surface area (Å²) >= 11 is 6.01. The second-order valence-corrected chi connectivity index (χ2v) is 4.24. The lowest BCUT2D eigenvalue weighted by molar-refractivity contribution is 0.187. The van der Waals surface area contributed by atoms with Crippen molar-refractivity contribution in [1.82, 2.24) is 14.8 Å². The Labute approximate surface area is 105 Å². The lowest BCUT2D eigenvalue weighted by Gasteiger charge is -2.08. The SMILES string of the molecule is COCCn1cnnc1-c1cc(Cl)ccc1C. The first-order valence-corrected chi connectivity index (χ1v) is 5.73. The van der Waals surface area contributed by atoms with Crippen molar-refractivity contribution in [3.63, 3.8) is 0 Å². The second kappa shape index (κ2) is 5.29. The van der Waals surface area contributed by atoms with E-state index in [0.717, 1.165) is 23.5 Å². The number of nitrogens with zero attached hydrogens (tertiary/aromatic N) is 3. The van der Waals surface area contributed by atoms with Gasteiger partial charge in [-0.15, -0.1) is 10.2 Å². The first-order valence-electron chi connectivity index (χ1n) is 5.35. The average molecular weight is 252 g/mol. The van der Waals surface area contributed by atoms with Gasteiger partial charge in [0, 0.05) is 24.2 Å². The minimum Gasteiger partial charge on any atom is -0.383 e. The van der Waals surface area contributed by atoms with Crippen LogP contribution in [0.25, 0.3) is 11.4 Å². The molecule has 2 aromatic rings. The maximum absolute atomic E-state index is 6.01. The molecule has 0 spiro atoms. The van der Waals surface area contributed by atoms with Crippen LogP contribution < -0.4 is 0 Å². The monoisotopic (exact) mass is 251 g/mol. The highest BCUT2D eigenvalue weighted by atomic mass is 35.5. The van der Waals surface area contributed by atoms with E-state index < -0.39 is 0 Å². The summed E-state index contributed by atoms with van der Waals surface area (Å²) in [7, 11) is 1.68. The molecular formula is C12H14ClN3O. The van der Waals surface area contributed by atoms with Crippen LogP contribution in [-0.4, -0.2) is 28.5 Å². The van der Waals surface area contributed by atoms with Crippen LogP contribution in [0.3, 0.4) is 0 Å². The molecular weight excluding hydrogens is 238 g/mol. The molecule has 4 nitrogen and oxygen atoms in total. The minimum absolute atomic E-state index is 0.630. The normalized spacial score (nSPS) is 10.8. The van der Waals surface area contributed by atoms with Crippen LogP contribution in [-0.2, 0) is 11.3 Å². The third-order valence-electron chi connectivity index (χ3n) is 2.59. The standard InChI is InChI=1S/C12H14ClN3O/c1-9-3-4-10(13)7-11(9)12-15-14-8-16(12)5-6-17-2/h3-4,7-8H,5-6H2,1-2H3. The molecule has 0 amide bonds. The van der Waals surface area contributed by atoms with Crippen LogP contribution in [0.1, 0.15) is 5.56 Å². The lowest BCUT2D eigenvalue weighted by atomic mass is 10.1. The maximum Gasteiger partial charge on any atom is 0.164 e. The summed E-state index contributed by atoms with van der Waals surface area (Å²) in [6.07, 6.45) is 1.70. The third-order valence-corrected chi connectivity index (χ3v) is 2.83. The lowest BCUT2D eigenvalue weighted by Crippen LogP contribution is -2.05. The van der Waals surface area contributed by atoms with Gasteiger partial charge in [0.05, 0.1) is 6.61 Å². The molecule has 1 aromatic heterocycles. The molecule has 0 aliphatic rings. The summed E-state index contributed by atoms with van der Waals surface area (Å²) in [5.41, 5.74) is 2.13. The Kier molecular flexibility index (Phi) is 3.76. The molecule has 0 saturated carbocycles. The summed E-state index contributed by atoms with van der Waals surface area (Å²) < 4.78 is 7.02. The molecule has 2 rings (SSSR count). The Hall–Kier alpha value is -1.39. The molecule has 0 aliphatic carbocycles. The van der Waals surface area contributed by atoms with E-state index in [1.807, 2.05) is 29.7 Å². The number of hydrogen-bond acceptors (Lipinski definition) is 3. The third kappa shape index (κ3) is 2.65. The maximum atomic E-state index is 6.01. The minimum atomic E-state index is 0.630. The Morgan fingerprint density at radius 2 is 2.24 bits per heavy atom. The van der Waals surface area contributed by atoms with Crippen LogP contribution >= 0.6 is 11.6 Å². The van der Waals surface area contributed by atoms with Gasteiger partial charge in [0.25, 0.3) is 0 Å². The van der Waals surface area contributed by atoms with E-state index in [9.17, 15) is 0 Å². The van der Waals surface area contributed by atoms with Crippen LogP contribution in [0, 0.1) is 6.92 Å². The first kappa shape index (κ1) is 12.1. The number of ether oxygens (including phenoxy) is 1. The summed E-state index contributed by atoms with van der Waals surface area (Å²) in [5, 5.41) is 8.78. The van der Waals surface area contributed by atoms with Gasteiger partial charge >= 0.3 is 0 Å². The van der Waals surface area contributed by atoms with E-state index in [4.69, 9.17) is 16.3 Å². The molecule has 90 valence electrons. The molecule has 0 unspecified atom stereocenters. The van der Waals surface area contributed by atoms with E-state index in [0.29, 0.717) is 11.6 Å². The average Bonchev–Trinajstić information content (AvgIpc) is 2.77. The Morgan fingerprint density at radius 1 is 1.41 bits per heavy atom. The number of methoxy groups -OCH3 is 1. The van der Waals surface area contributed by atoms with E-state index in [1.165, 1.54) is 0 Å². The molecule has 0 radical (unpaired) electrons. The summed E-state index contributed by atoms with van der Waals surface area (Å²) in [5.74, 6) is 0.821. The zero-order chi connectivity index (χ0) is 12.3. The van der Waals surface area contributed by atoms with E-state index in [-0.39, 0.29) is 0 Å². The Balaban J connectivity index is 2.38. The topological polar surface area (TPSA) is 39.9 Å². The van der Waals surface area contributed by atoms with Crippen molar-refractivity contribution in [1.29, 1.82) is 0 Å². The predicted molar refractivity (Wildman–Crippen MR) is 67.1 cm³/mol. The van der Waals surface area contributed by atoms with E-state index in [2.05, 4.69) is 10.2 Å². The number of benzene rings is 1. The fourth-order valence-electron chi connectivity index (χ4n) is 1.65. The highest BCUT2D eigenvalue weighted by Gasteiger charge is 2.10. The van der Waals surface area contributed by atoms with E-state index in [1.54, 1.807) is 13.4 Å². The highest BCUT2D eigenvalue weighted by molar-refractivity contribution is 6.30. The second-order valence-electron chi connectivity index (χ2n) is 3.80. The highest BCUT2D eigenvalue weighted by Crippen LogP contribution is 2.24. The van der Waals surface area contributed by atoms with Crippen LogP contribution in [0.5, 0.6) is 0 Å². The van der Waals surface area contributed by atoms with Gasteiger partial charge in [0.2, 0.25) is 0 Å². The predicted octanol–water partition coefficient (Wildman–Crippen LogP) is 2.55. The Bertz CT molecular complexity index is 510. The molecule has 0 atom stereocenters.